The van der Waals surface area contributed by atoms with E-state index in [9.17, 15) is 9.59 Å². The molecule has 27 heavy (non-hydrogen) atoms. The quantitative estimate of drug-likeness (QED) is 0.583. The van der Waals surface area contributed by atoms with Gasteiger partial charge in [0.1, 0.15) is 0 Å². The molecule has 0 aromatic rings. The molecule has 8 heteroatoms. The van der Waals surface area contributed by atoms with Crippen LogP contribution in [0.15, 0.2) is 0 Å². The number of aliphatic carboxylic acids is 1. The SMILES string of the molecule is C[C@H]1C(OC(=O)CCC(=O)O)O[C@@H]2O[C@@]3(C)CCC4[C@H](C)CCC1[C@]42OO3. The summed E-state index contributed by atoms with van der Waals surface area (Å²) in [6.07, 6.45) is 1.72. The Hall–Kier alpha value is -1.22. The number of ether oxygens (including phenoxy) is 3. The number of rotatable bonds is 4. The van der Waals surface area contributed by atoms with Gasteiger partial charge in [0.15, 0.2) is 11.9 Å². The fourth-order valence-electron chi connectivity index (χ4n) is 5.40. The Morgan fingerprint density at radius 2 is 1.89 bits per heavy atom. The number of hydrogen-bond acceptors (Lipinski definition) is 7. The van der Waals surface area contributed by atoms with E-state index in [0.29, 0.717) is 12.3 Å². The minimum absolute atomic E-state index is 0.0670. The Balaban J connectivity index is 1.58. The molecule has 3 unspecified atom stereocenters. The van der Waals surface area contributed by atoms with Crippen LogP contribution >= 0.6 is 0 Å². The summed E-state index contributed by atoms with van der Waals surface area (Å²) in [5.74, 6) is -1.82. The number of carbonyl (C=O) groups excluding carboxylic acids is 1. The van der Waals surface area contributed by atoms with Crippen LogP contribution in [0.4, 0.5) is 0 Å². The topological polar surface area (TPSA) is 101 Å². The number of fused-ring (bicyclic) bond motifs is 2. The summed E-state index contributed by atoms with van der Waals surface area (Å²) in [5.41, 5.74) is -0.697. The zero-order valence-electron chi connectivity index (χ0n) is 16.0. The van der Waals surface area contributed by atoms with E-state index in [0.717, 1.165) is 19.3 Å². The molecule has 4 heterocycles. The highest BCUT2D eigenvalue weighted by atomic mass is 17.3. The van der Waals surface area contributed by atoms with Crippen LogP contribution in [0, 0.1) is 23.7 Å². The van der Waals surface area contributed by atoms with Gasteiger partial charge in [0.25, 0.3) is 0 Å². The van der Waals surface area contributed by atoms with Crippen LogP contribution in [-0.2, 0) is 33.6 Å². The van der Waals surface area contributed by atoms with Crippen molar-refractivity contribution >= 4 is 11.9 Å². The van der Waals surface area contributed by atoms with E-state index >= 15 is 0 Å². The maximum Gasteiger partial charge on any atom is 0.308 e. The predicted molar refractivity (Wildman–Crippen MR) is 89.8 cm³/mol. The molecular weight excluding hydrogens is 356 g/mol. The van der Waals surface area contributed by atoms with Crippen molar-refractivity contribution in [2.45, 2.75) is 83.3 Å². The van der Waals surface area contributed by atoms with Crippen LogP contribution in [-0.4, -0.2) is 41.0 Å². The predicted octanol–water partition coefficient (Wildman–Crippen LogP) is 2.60. The summed E-state index contributed by atoms with van der Waals surface area (Å²) < 4.78 is 17.8. The first-order valence-electron chi connectivity index (χ1n) is 9.86. The average Bonchev–Trinajstić information content (AvgIpc) is 2.84. The summed E-state index contributed by atoms with van der Waals surface area (Å²) in [5, 5.41) is 8.76. The molecule has 1 aliphatic carbocycles. The van der Waals surface area contributed by atoms with E-state index < -0.39 is 35.9 Å². The van der Waals surface area contributed by atoms with Gasteiger partial charge in [-0.05, 0) is 38.0 Å². The zero-order chi connectivity index (χ0) is 19.4. The summed E-state index contributed by atoms with van der Waals surface area (Å²) >= 11 is 0. The lowest BCUT2D eigenvalue weighted by Crippen LogP contribution is -2.70. The normalized spacial score (nSPS) is 48.4. The molecule has 4 saturated heterocycles. The molecule has 2 bridgehead atoms. The molecule has 1 spiro atoms. The van der Waals surface area contributed by atoms with Gasteiger partial charge in [-0.1, -0.05) is 13.8 Å². The molecule has 5 fully saturated rings. The first kappa shape index (κ1) is 19.1. The summed E-state index contributed by atoms with van der Waals surface area (Å²) in [6.45, 7) is 6.06. The second-order valence-electron chi connectivity index (χ2n) is 8.66. The lowest BCUT2D eigenvalue weighted by atomic mass is 9.58. The molecule has 0 aromatic carbocycles. The lowest BCUT2D eigenvalue weighted by Gasteiger charge is -2.59. The van der Waals surface area contributed by atoms with E-state index in [1.165, 1.54) is 0 Å². The molecular formula is C19H28O8. The van der Waals surface area contributed by atoms with Gasteiger partial charge in [-0.25, -0.2) is 9.78 Å². The first-order chi connectivity index (χ1) is 12.7. The molecule has 0 aromatic heterocycles. The third kappa shape index (κ3) is 3.06. The second kappa shape index (κ2) is 6.69. The fraction of sp³-hybridized carbons (Fsp3) is 0.895. The molecule has 5 aliphatic rings. The lowest BCUT2D eigenvalue weighted by molar-refractivity contribution is -0.576. The Labute approximate surface area is 158 Å². The average molecular weight is 384 g/mol. The van der Waals surface area contributed by atoms with Crippen LogP contribution < -0.4 is 0 Å². The second-order valence-corrected chi connectivity index (χ2v) is 8.66. The van der Waals surface area contributed by atoms with Crippen LogP contribution in [0.1, 0.15) is 59.3 Å². The molecule has 0 radical (unpaired) electrons. The third-order valence-electron chi connectivity index (χ3n) is 6.89. The minimum atomic E-state index is -1.03. The molecule has 1 saturated carbocycles. The van der Waals surface area contributed by atoms with E-state index in [1.807, 2.05) is 13.8 Å². The maximum absolute atomic E-state index is 12.1. The van der Waals surface area contributed by atoms with Crippen molar-refractivity contribution in [3.05, 3.63) is 0 Å². The van der Waals surface area contributed by atoms with Crippen LogP contribution in [0.5, 0.6) is 0 Å². The number of carboxylic acid groups (broad SMARTS) is 1. The van der Waals surface area contributed by atoms with Crippen LogP contribution in [0.3, 0.4) is 0 Å². The van der Waals surface area contributed by atoms with Gasteiger partial charge in [0.2, 0.25) is 12.1 Å². The highest BCUT2D eigenvalue weighted by molar-refractivity contribution is 5.76. The number of esters is 1. The van der Waals surface area contributed by atoms with Crippen molar-refractivity contribution < 1.29 is 38.7 Å². The van der Waals surface area contributed by atoms with Crippen molar-refractivity contribution in [2.75, 3.05) is 0 Å². The van der Waals surface area contributed by atoms with Gasteiger partial charge in [-0.3, -0.25) is 9.59 Å². The molecule has 152 valence electrons. The van der Waals surface area contributed by atoms with E-state index in [4.69, 9.17) is 29.1 Å². The smallest absolute Gasteiger partial charge is 0.308 e. The van der Waals surface area contributed by atoms with E-state index in [1.54, 1.807) is 0 Å². The van der Waals surface area contributed by atoms with E-state index in [2.05, 4.69) is 6.92 Å². The Kier molecular flexibility index (Phi) is 4.73. The number of carbonyl (C=O) groups is 2. The number of carboxylic acids is 1. The van der Waals surface area contributed by atoms with Crippen LogP contribution in [0.25, 0.3) is 0 Å². The Bertz CT molecular complexity index is 623. The van der Waals surface area contributed by atoms with Crippen molar-refractivity contribution in [1.29, 1.82) is 0 Å². The first-order valence-corrected chi connectivity index (χ1v) is 9.86. The van der Waals surface area contributed by atoms with Gasteiger partial charge < -0.3 is 19.3 Å². The minimum Gasteiger partial charge on any atom is -0.481 e. The largest absolute Gasteiger partial charge is 0.481 e. The van der Waals surface area contributed by atoms with Gasteiger partial charge in [-0.2, -0.15) is 0 Å². The Morgan fingerprint density at radius 3 is 2.63 bits per heavy atom. The van der Waals surface area contributed by atoms with E-state index in [-0.39, 0.29) is 30.6 Å². The zero-order valence-corrected chi connectivity index (χ0v) is 16.0. The monoisotopic (exact) mass is 384 g/mol. The summed E-state index contributed by atoms with van der Waals surface area (Å²) in [4.78, 5) is 34.5. The molecule has 4 aliphatic heterocycles. The third-order valence-corrected chi connectivity index (χ3v) is 6.89. The number of hydrogen-bond donors (Lipinski definition) is 1. The Morgan fingerprint density at radius 1 is 1.11 bits per heavy atom. The van der Waals surface area contributed by atoms with Crippen molar-refractivity contribution in [3.63, 3.8) is 0 Å². The van der Waals surface area contributed by atoms with Crippen molar-refractivity contribution in [3.8, 4) is 0 Å². The molecule has 8 nitrogen and oxygen atoms in total. The van der Waals surface area contributed by atoms with Gasteiger partial charge >= 0.3 is 11.9 Å². The van der Waals surface area contributed by atoms with Gasteiger partial charge in [-0.15, -0.1) is 0 Å². The standard InChI is InChI=1S/C19H28O8/c1-10-4-5-13-11(2)16(23-15(22)7-6-14(20)21)24-17-19(13)12(10)8-9-18(3,25-17)26-27-19/h10-13,16-17H,4-9H2,1-3H3,(H,20,21)/t10-,11-,12?,13?,16?,17-,18-,19-/m1/s1. The highest BCUT2D eigenvalue weighted by Crippen LogP contribution is 2.60. The molecule has 1 N–H and O–H groups in total. The van der Waals surface area contributed by atoms with Gasteiger partial charge in [0, 0.05) is 18.3 Å². The highest BCUT2D eigenvalue weighted by Gasteiger charge is 2.69. The van der Waals surface area contributed by atoms with Crippen molar-refractivity contribution in [2.24, 2.45) is 23.7 Å². The summed E-state index contributed by atoms with van der Waals surface area (Å²) in [7, 11) is 0. The summed E-state index contributed by atoms with van der Waals surface area (Å²) in [6, 6.07) is 0. The molecule has 0 amide bonds. The maximum atomic E-state index is 12.1. The van der Waals surface area contributed by atoms with Gasteiger partial charge in [0.05, 0.1) is 12.8 Å². The van der Waals surface area contributed by atoms with Crippen molar-refractivity contribution in [1.82, 2.24) is 0 Å². The molecule has 5 rings (SSSR count). The molecule has 8 atom stereocenters. The fourth-order valence-corrected chi connectivity index (χ4v) is 5.40. The van der Waals surface area contributed by atoms with Crippen LogP contribution in [0.2, 0.25) is 0 Å².